The number of amides is 1. The standard InChI is InChI=1S/C24H26N4O4/c1-16(29)27-6-8-28(9-7-27)20-4-2-19(3-5-20)25-15-18-12-17-13-22-23(32-11-10-31-22)14-21(17)26-24(18)30/h2-5,12-14,25H,6-11,15H2,1H3,(H,26,30). The highest BCUT2D eigenvalue weighted by Gasteiger charge is 2.18. The minimum atomic E-state index is -0.123. The number of carbonyl (C=O) groups is 1. The second-order valence-corrected chi connectivity index (χ2v) is 8.10. The summed E-state index contributed by atoms with van der Waals surface area (Å²) in [6.07, 6.45) is 0. The van der Waals surface area contributed by atoms with Crippen LogP contribution in [0.2, 0.25) is 0 Å². The Morgan fingerprint density at radius 2 is 1.69 bits per heavy atom. The number of nitrogens with one attached hydrogen (secondary N) is 2. The molecule has 166 valence electrons. The maximum Gasteiger partial charge on any atom is 0.253 e. The summed E-state index contributed by atoms with van der Waals surface area (Å²) >= 11 is 0. The van der Waals surface area contributed by atoms with Gasteiger partial charge in [0.05, 0.1) is 5.52 Å². The Bertz CT molecular complexity index is 1200. The van der Waals surface area contributed by atoms with Crippen LogP contribution in [0.4, 0.5) is 11.4 Å². The predicted octanol–water partition coefficient (Wildman–Crippen LogP) is 2.58. The molecule has 0 spiro atoms. The van der Waals surface area contributed by atoms with Gasteiger partial charge in [-0.2, -0.15) is 0 Å². The van der Waals surface area contributed by atoms with Crippen molar-refractivity contribution in [2.24, 2.45) is 0 Å². The minimum Gasteiger partial charge on any atom is -0.486 e. The number of pyridine rings is 1. The van der Waals surface area contributed by atoms with Crippen molar-refractivity contribution in [1.82, 2.24) is 9.88 Å². The molecule has 2 aliphatic heterocycles. The van der Waals surface area contributed by atoms with Gasteiger partial charge in [-0.1, -0.05) is 0 Å². The number of fused-ring (bicyclic) bond motifs is 2. The summed E-state index contributed by atoms with van der Waals surface area (Å²) in [4.78, 5) is 31.2. The number of hydrogen-bond donors (Lipinski definition) is 2. The molecule has 0 saturated carbocycles. The zero-order chi connectivity index (χ0) is 22.1. The minimum absolute atomic E-state index is 0.123. The van der Waals surface area contributed by atoms with Crippen molar-refractivity contribution in [1.29, 1.82) is 0 Å². The highest BCUT2D eigenvalue weighted by molar-refractivity contribution is 5.83. The van der Waals surface area contributed by atoms with E-state index in [1.807, 2.05) is 35.2 Å². The largest absolute Gasteiger partial charge is 0.486 e. The Morgan fingerprint density at radius 1 is 1.00 bits per heavy atom. The maximum atomic E-state index is 12.6. The first-order valence-electron chi connectivity index (χ1n) is 10.9. The van der Waals surface area contributed by atoms with E-state index in [4.69, 9.17) is 9.47 Å². The van der Waals surface area contributed by atoms with Crippen molar-refractivity contribution in [3.8, 4) is 11.5 Å². The summed E-state index contributed by atoms with van der Waals surface area (Å²) in [6, 6.07) is 13.8. The molecule has 8 nitrogen and oxygen atoms in total. The molecule has 3 aromatic rings. The number of carbonyl (C=O) groups excluding carboxylic acids is 1. The van der Waals surface area contributed by atoms with E-state index in [1.54, 1.807) is 6.92 Å². The molecule has 0 atom stereocenters. The molecule has 1 amide bonds. The molecular formula is C24H26N4O4. The van der Waals surface area contributed by atoms with Gasteiger partial charge in [-0.05, 0) is 36.4 Å². The van der Waals surface area contributed by atoms with Crippen LogP contribution in [0.25, 0.3) is 10.9 Å². The lowest BCUT2D eigenvalue weighted by atomic mass is 10.1. The van der Waals surface area contributed by atoms with Crippen LogP contribution in [0, 0.1) is 0 Å². The van der Waals surface area contributed by atoms with Gasteiger partial charge < -0.3 is 29.6 Å². The Balaban J connectivity index is 1.26. The first-order chi connectivity index (χ1) is 15.6. The molecule has 0 radical (unpaired) electrons. The number of aromatic amines is 1. The van der Waals surface area contributed by atoms with Crippen LogP contribution >= 0.6 is 0 Å². The Morgan fingerprint density at radius 3 is 2.38 bits per heavy atom. The molecule has 1 aromatic heterocycles. The Labute approximate surface area is 185 Å². The van der Waals surface area contributed by atoms with E-state index in [0.717, 1.165) is 48.5 Å². The number of nitrogens with zero attached hydrogens (tertiary/aromatic N) is 2. The summed E-state index contributed by atoms with van der Waals surface area (Å²) in [7, 11) is 0. The number of anilines is 2. The van der Waals surface area contributed by atoms with Crippen LogP contribution in [0.1, 0.15) is 12.5 Å². The zero-order valence-electron chi connectivity index (χ0n) is 18.0. The van der Waals surface area contributed by atoms with Gasteiger partial charge in [-0.25, -0.2) is 0 Å². The van der Waals surface area contributed by atoms with Crippen molar-refractivity contribution in [3.05, 3.63) is 58.4 Å². The quantitative estimate of drug-likeness (QED) is 0.657. The number of benzene rings is 2. The van der Waals surface area contributed by atoms with E-state index in [2.05, 4.69) is 27.3 Å². The zero-order valence-corrected chi connectivity index (χ0v) is 18.0. The molecule has 0 unspecified atom stereocenters. The van der Waals surface area contributed by atoms with Crippen LogP contribution in [0.15, 0.2) is 47.3 Å². The number of piperazine rings is 1. The number of ether oxygens (including phenoxy) is 2. The van der Waals surface area contributed by atoms with Crippen LogP contribution < -0.4 is 25.2 Å². The smallest absolute Gasteiger partial charge is 0.253 e. The average Bonchev–Trinajstić information content (AvgIpc) is 2.82. The fourth-order valence-electron chi connectivity index (χ4n) is 4.19. The monoisotopic (exact) mass is 434 g/mol. The fourth-order valence-corrected chi connectivity index (χ4v) is 4.19. The molecule has 0 bridgehead atoms. The molecule has 8 heteroatoms. The summed E-state index contributed by atoms with van der Waals surface area (Å²) in [5.41, 5.74) is 3.34. The van der Waals surface area contributed by atoms with Gasteiger partial charge in [0.15, 0.2) is 11.5 Å². The second kappa shape index (κ2) is 8.45. The summed E-state index contributed by atoms with van der Waals surface area (Å²) in [6.45, 7) is 6.23. The number of rotatable bonds is 4. The fraction of sp³-hybridized carbons (Fsp3) is 0.333. The molecule has 5 rings (SSSR count). The third kappa shape index (κ3) is 4.08. The number of aromatic nitrogens is 1. The van der Waals surface area contributed by atoms with Gasteiger partial charge in [-0.15, -0.1) is 0 Å². The van der Waals surface area contributed by atoms with Crippen molar-refractivity contribution < 1.29 is 14.3 Å². The topological polar surface area (TPSA) is 86.9 Å². The SMILES string of the molecule is CC(=O)N1CCN(c2ccc(NCc3cc4cc5c(cc4[nH]c3=O)OCCO5)cc2)CC1. The Hall–Kier alpha value is -3.68. The van der Waals surface area contributed by atoms with Gasteiger partial charge >= 0.3 is 0 Å². The molecule has 2 aliphatic rings. The third-order valence-electron chi connectivity index (χ3n) is 6.02. The lowest BCUT2D eigenvalue weighted by Gasteiger charge is -2.35. The average molecular weight is 434 g/mol. The van der Waals surface area contributed by atoms with Crippen LogP contribution in [0.3, 0.4) is 0 Å². The lowest BCUT2D eigenvalue weighted by Crippen LogP contribution is -2.48. The van der Waals surface area contributed by atoms with Crippen LogP contribution in [0.5, 0.6) is 11.5 Å². The lowest BCUT2D eigenvalue weighted by molar-refractivity contribution is -0.129. The first-order valence-corrected chi connectivity index (χ1v) is 10.9. The number of hydrogen-bond acceptors (Lipinski definition) is 6. The van der Waals surface area contributed by atoms with Gasteiger partial charge in [0, 0.05) is 68.0 Å². The molecule has 3 heterocycles. The van der Waals surface area contributed by atoms with E-state index in [-0.39, 0.29) is 11.5 Å². The highest BCUT2D eigenvalue weighted by Crippen LogP contribution is 2.33. The van der Waals surface area contributed by atoms with Crippen LogP contribution in [-0.2, 0) is 11.3 Å². The van der Waals surface area contributed by atoms with Crippen molar-refractivity contribution in [2.45, 2.75) is 13.5 Å². The van der Waals surface area contributed by atoms with E-state index < -0.39 is 0 Å². The van der Waals surface area contributed by atoms with E-state index >= 15 is 0 Å². The molecule has 1 fully saturated rings. The van der Waals surface area contributed by atoms with Gasteiger partial charge in [0.25, 0.3) is 5.56 Å². The molecule has 32 heavy (non-hydrogen) atoms. The van der Waals surface area contributed by atoms with E-state index in [0.29, 0.717) is 36.8 Å². The Kier molecular flexibility index (Phi) is 5.34. The van der Waals surface area contributed by atoms with Gasteiger partial charge in [0.2, 0.25) is 5.91 Å². The molecule has 1 saturated heterocycles. The first kappa shape index (κ1) is 20.2. The normalized spacial score (nSPS) is 15.7. The second-order valence-electron chi connectivity index (χ2n) is 8.10. The van der Waals surface area contributed by atoms with Crippen molar-refractivity contribution in [2.75, 3.05) is 49.6 Å². The van der Waals surface area contributed by atoms with E-state index in [9.17, 15) is 9.59 Å². The maximum absolute atomic E-state index is 12.6. The molecular weight excluding hydrogens is 408 g/mol. The summed E-state index contributed by atoms with van der Waals surface area (Å²) in [5.74, 6) is 1.50. The third-order valence-corrected chi connectivity index (χ3v) is 6.02. The number of H-pyrrole nitrogens is 1. The summed E-state index contributed by atoms with van der Waals surface area (Å²) < 4.78 is 11.2. The summed E-state index contributed by atoms with van der Waals surface area (Å²) in [5, 5.41) is 4.24. The molecule has 2 aromatic carbocycles. The van der Waals surface area contributed by atoms with Gasteiger partial charge in [-0.3, -0.25) is 9.59 Å². The van der Waals surface area contributed by atoms with Crippen LogP contribution in [-0.4, -0.2) is 55.2 Å². The van der Waals surface area contributed by atoms with Gasteiger partial charge in [0.1, 0.15) is 13.2 Å². The van der Waals surface area contributed by atoms with E-state index in [1.165, 1.54) is 0 Å². The molecule has 2 N–H and O–H groups in total. The highest BCUT2D eigenvalue weighted by atomic mass is 16.6. The van der Waals surface area contributed by atoms with Crippen molar-refractivity contribution >= 4 is 28.2 Å². The van der Waals surface area contributed by atoms with Crippen molar-refractivity contribution in [3.63, 3.8) is 0 Å². The molecule has 0 aliphatic carbocycles. The predicted molar refractivity (Wildman–Crippen MR) is 124 cm³/mol.